The van der Waals surface area contributed by atoms with Crippen LogP contribution in [0.5, 0.6) is 0 Å². The van der Waals surface area contributed by atoms with Crippen LogP contribution in [-0.2, 0) is 9.59 Å². The third-order valence-corrected chi connectivity index (χ3v) is 12.5. The maximum atomic E-state index is 17.5. The smallest absolute Gasteiger partial charge is 0.257 e. The summed E-state index contributed by atoms with van der Waals surface area (Å²) in [5, 5.41) is 24.3. The number of hydrogen-bond acceptors (Lipinski definition) is 7. The topological polar surface area (TPSA) is 101 Å². The maximum Gasteiger partial charge on any atom is 0.257 e. The molecule has 0 bridgehead atoms. The van der Waals surface area contributed by atoms with E-state index in [9.17, 15) is 19.8 Å². The van der Waals surface area contributed by atoms with Gasteiger partial charge in [0.15, 0.2) is 23.0 Å². The molecule has 45 heavy (non-hydrogen) atoms. The Kier molecular flexibility index (Phi) is 7.15. The third kappa shape index (κ3) is 4.25. The van der Waals surface area contributed by atoms with Crippen LogP contribution < -0.4 is 0 Å². The number of thioether (sulfide) groups is 1. The molecule has 3 fully saturated rings. The van der Waals surface area contributed by atoms with E-state index in [4.69, 9.17) is 9.40 Å². The number of allylic oxidation sites excluding steroid dienone is 4. The first-order chi connectivity index (χ1) is 21.4. The molecule has 1 aromatic heterocycles. The van der Waals surface area contributed by atoms with Crippen LogP contribution in [0.1, 0.15) is 46.5 Å². The van der Waals surface area contributed by atoms with E-state index in [-0.39, 0.29) is 29.7 Å². The standard InChI is InChI=1S/C37H38FNO5S/c1-22-18-28-27-15-14-25-19-26(40)16-17-34(25,2)36(27,38)29(41)20-35(28,3)37(22,43)30(42)21-45-33-39-31(23-10-6-4-7-11-23)32(44-33)24-12-8-5-9-13-24/h4-13,16-17,19,22,27-29,41,43H,14-15,18,20-21H2,1-3H3/t22-,27?,28?,29+,34?,35?,36+,37+/m1/s1. The van der Waals surface area contributed by atoms with Crippen LogP contribution in [0.15, 0.2) is 94.1 Å². The van der Waals surface area contributed by atoms with E-state index in [1.807, 2.05) is 74.5 Å². The second-order valence-electron chi connectivity index (χ2n) is 13.8. The van der Waals surface area contributed by atoms with Crippen molar-refractivity contribution >= 4 is 23.3 Å². The molecule has 8 heteroatoms. The molecule has 4 unspecified atom stereocenters. The van der Waals surface area contributed by atoms with Gasteiger partial charge in [0.2, 0.25) is 0 Å². The average molecular weight is 628 g/mol. The zero-order valence-electron chi connectivity index (χ0n) is 25.7. The number of benzene rings is 2. The summed E-state index contributed by atoms with van der Waals surface area (Å²) < 4.78 is 23.7. The van der Waals surface area contributed by atoms with Crippen molar-refractivity contribution in [3.8, 4) is 22.6 Å². The van der Waals surface area contributed by atoms with Crippen molar-refractivity contribution < 1.29 is 28.6 Å². The zero-order chi connectivity index (χ0) is 31.8. The van der Waals surface area contributed by atoms with Gasteiger partial charge in [0.25, 0.3) is 5.22 Å². The number of aromatic nitrogens is 1. The zero-order valence-corrected chi connectivity index (χ0v) is 26.5. The molecule has 2 N–H and O–H groups in total. The molecule has 6 nitrogen and oxygen atoms in total. The number of alkyl halides is 1. The molecule has 0 amide bonds. The number of Topliss-reactive ketones (excluding diaryl/α,β-unsaturated/α-hetero) is 1. The van der Waals surface area contributed by atoms with E-state index in [1.165, 1.54) is 12.2 Å². The number of carbonyl (C=O) groups is 2. The van der Waals surface area contributed by atoms with Gasteiger partial charge in [-0.3, -0.25) is 9.59 Å². The predicted molar refractivity (Wildman–Crippen MR) is 171 cm³/mol. The maximum absolute atomic E-state index is 17.5. The minimum absolute atomic E-state index is 0.0537. The van der Waals surface area contributed by atoms with Gasteiger partial charge >= 0.3 is 0 Å². The lowest BCUT2D eigenvalue weighted by Crippen LogP contribution is -2.69. The summed E-state index contributed by atoms with van der Waals surface area (Å²) in [6, 6.07) is 19.4. The highest BCUT2D eigenvalue weighted by atomic mass is 32.2. The summed E-state index contributed by atoms with van der Waals surface area (Å²) in [5.41, 5.74) is -2.80. The minimum atomic E-state index is -2.01. The summed E-state index contributed by atoms with van der Waals surface area (Å²) in [7, 11) is 0. The molecule has 1 heterocycles. The lowest BCUT2D eigenvalue weighted by Gasteiger charge is -2.62. The lowest BCUT2D eigenvalue weighted by molar-refractivity contribution is -0.218. The number of fused-ring (bicyclic) bond motifs is 5. The van der Waals surface area contributed by atoms with Crippen LogP contribution in [0.3, 0.4) is 0 Å². The highest BCUT2D eigenvalue weighted by Crippen LogP contribution is 2.70. The van der Waals surface area contributed by atoms with Crippen molar-refractivity contribution in [2.75, 3.05) is 5.75 Å². The van der Waals surface area contributed by atoms with Crippen molar-refractivity contribution in [3.63, 3.8) is 0 Å². The fourth-order valence-electron chi connectivity index (χ4n) is 9.32. The van der Waals surface area contributed by atoms with Gasteiger partial charge in [0, 0.05) is 27.9 Å². The molecule has 234 valence electrons. The first-order valence-corrected chi connectivity index (χ1v) is 16.7. The van der Waals surface area contributed by atoms with E-state index >= 15 is 4.39 Å². The van der Waals surface area contributed by atoms with Crippen LogP contribution in [0.25, 0.3) is 22.6 Å². The Morgan fingerprint density at radius 3 is 2.42 bits per heavy atom. The first kappa shape index (κ1) is 30.3. The molecule has 0 saturated heterocycles. The van der Waals surface area contributed by atoms with Crippen LogP contribution in [0, 0.1) is 28.6 Å². The van der Waals surface area contributed by atoms with Crippen molar-refractivity contribution in [3.05, 3.63) is 84.5 Å². The van der Waals surface area contributed by atoms with E-state index in [1.54, 1.807) is 13.0 Å². The van der Waals surface area contributed by atoms with Gasteiger partial charge in [0.05, 0.1) is 11.9 Å². The number of aliphatic hydroxyl groups is 2. The summed E-state index contributed by atoms with van der Waals surface area (Å²) in [4.78, 5) is 31.0. The number of carbonyl (C=O) groups excluding carboxylic acids is 2. The summed E-state index contributed by atoms with van der Waals surface area (Å²) in [6.07, 6.45) is 4.53. The van der Waals surface area contributed by atoms with Crippen LogP contribution in [0.4, 0.5) is 4.39 Å². The molecule has 4 aliphatic rings. The second-order valence-corrected chi connectivity index (χ2v) is 14.7. The molecule has 0 spiro atoms. The number of aliphatic hydroxyl groups excluding tert-OH is 1. The molecule has 0 radical (unpaired) electrons. The molecular formula is C37H38FNO5S. The van der Waals surface area contributed by atoms with Gasteiger partial charge in [-0.2, -0.15) is 0 Å². The highest BCUT2D eigenvalue weighted by Gasteiger charge is 2.75. The van der Waals surface area contributed by atoms with Gasteiger partial charge in [-0.15, -0.1) is 0 Å². The van der Waals surface area contributed by atoms with Crippen molar-refractivity contribution in [1.29, 1.82) is 0 Å². The molecule has 3 aromatic rings. The number of oxazole rings is 1. The molecule has 0 aliphatic heterocycles. The second kappa shape index (κ2) is 10.6. The Morgan fingerprint density at radius 2 is 1.73 bits per heavy atom. The van der Waals surface area contributed by atoms with Crippen molar-refractivity contribution in [2.45, 2.75) is 69.1 Å². The number of nitrogens with zero attached hydrogens (tertiary/aromatic N) is 1. The Labute approximate surface area is 266 Å². The van der Waals surface area contributed by atoms with Gasteiger partial charge in [-0.25, -0.2) is 9.37 Å². The highest BCUT2D eigenvalue weighted by molar-refractivity contribution is 7.99. The van der Waals surface area contributed by atoms with Gasteiger partial charge in [-0.05, 0) is 56.6 Å². The van der Waals surface area contributed by atoms with Crippen LogP contribution in [0.2, 0.25) is 0 Å². The molecular weight excluding hydrogens is 589 g/mol. The van der Waals surface area contributed by atoms with Crippen LogP contribution in [-0.4, -0.2) is 49.9 Å². The summed E-state index contributed by atoms with van der Waals surface area (Å²) in [5.74, 6) is -1.34. The summed E-state index contributed by atoms with van der Waals surface area (Å²) >= 11 is 1.14. The Balaban J connectivity index is 1.17. The number of halogens is 1. The van der Waals surface area contributed by atoms with E-state index in [0.717, 1.165) is 22.9 Å². The van der Waals surface area contributed by atoms with Gasteiger partial charge in [0.1, 0.15) is 11.3 Å². The third-order valence-electron chi connectivity index (χ3n) is 11.7. The fraction of sp³-hybridized carbons (Fsp3) is 0.432. The van der Waals surface area contributed by atoms with Gasteiger partial charge < -0.3 is 14.6 Å². The molecule has 4 aliphatic carbocycles. The largest absolute Gasteiger partial charge is 0.431 e. The number of rotatable bonds is 6. The van der Waals surface area contributed by atoms with Crippen molar-refractivity contribution in [1.82, 2.24) is 4.98 Å². The minimum Gasteiger partial charge on any atom is -0.431 e. The quantitative estimate of drug-likeness (QED) is 0.284. The number of hydrogen-bond donors (Lipinski definition) is 2. The Hall–Kier alpha value is -3.33. The average Bonchev–Trinajstić information content (AvgIpc) is 3.55. The van der Waals surface area contributed by atoms with E-state index in [2.05, 4.69) is 0 Å². The fourth-order valence-corrected chi connectivity index (χ4v) is 10.1. The Morgan fingerprint density at radius 1 is 1.07 bits per heavy atom. The monoisotopic (exact) mass is 627 g/mol. The SMILES string of the molecule is C[C@@H]1CC2C3CCC4=CC(=O)C=CC4(C)[C@@]3(F)[C@@H](O)CC2(C)[C@@]1(O)C(=O)CSc1nc(-c2ccccc2)c(-c2ccccc2)o1. The van der Waals surface area contributed by atoms with Crippen molar-refractivity contribution in [2.24, 2.45) is 28.6 Å². The molecule has 8 atom stereocenters. The summed E-state index contributed by atoms with van der Waals surface area (Å²) in [6.45, 7) is 5.49. The Bertz CT molecular complexity index is 1660. The molecule has 2 aromatic carbocycles. The lowest BCUT2D eigenvalue weighted by atomic mass is 9.44. The van der Waals surface area contributed by atoms with E-state index in [0.29, 0.717) is 41.5 Å². The first-order valence-electron chi connectivity index (χ1n) is 15.7. The normalized spacial score (nSPS) is 37.0. The van der Waals surface area contributed by atoms with Crippen LogP contribution >= 0.6 is 11.8 Å². The van der Waals surface area contributed by atoms with E-state index < -0.39 is 40.0 Å². The molecule has 3 saturated carbocycles. The predicted octanol–water partition coefficient (Wildman–Crippen LogP) is 7.02. The molecule has 7 rings (SSSR count). The number of ketones is 2. The van der Waals surface area contributed by atoms with Gasteiger partial charge in [-0.1, -0.05) is 97.9 Å².